The Morgan fingerprint density at radius 2 is 2.24 bits per heavy atom. The number of rotatable bonds is 3. The predicted octanol–water partition coefficient (Wildman–Crippen LogP) is 2.55. The number of nitrogens with zero attached hydrogens (tertiary/aromatic N) is 2. The minimum atomic E-state index is -4.46. The van der Waals surface area contributed by atoms with E-state index in [1.165, 1.54) is 23.2 Å². The third kappa shape index (κ3) is 4.76. The highest BCUT2D eigenvalue weighted by Gasteiger charge is 2.33. The molecule has 9 heteroatoms. The van der Waals surface area contributed by atoms with E-state index in [-0.39, 0.29) is 40.8 Å². The summed E-state index contributed by atoms with van der Waals surface area (Å²) >= 11 is -0.359. The number of aromatic nitrogens is 1. The van der Waals surface area contributed by atoms with Crippen molar-refractivity contribution in [1.29, 1.82) is 0 Å². The van der Waals surface area contributed by atoms with Gasteiger partial charge in [0.05, 0.1) is 5.56 Å². The molecular weight excluding hydrogens is 327 g/mol. The van der Waals surface area contributed by atoms with Crippen LogP contribution < -0.4 is 5.32 Å². The summed E-state index contributed by atoms with van der Waals surface area (Å²) in [5.41, 5.74) is -4.47. The van der Waals surface area contributed by atoms with Gasteiger partial charge in [0.2, 0.25) is 0 Å². The van der Waals surface area contributed by atoms with E-state index in [0.29, 0.717) is 6.54 Å². The average molecular weight is 342 g/mol. The van der Waals surface area contributed by atoms with Gasteiger partial charge in [0, 0.05) is 37.6 Å². The van der Waals surface area contributed by atoms with Crippen LogP contribution in [0.1, 0.15) is 16.8 Å². The van der Waals surface area contributed by atoms with Gasteiger partial charge in [-0.05, 0) is 25.1 Å². The minimum Gasteiger partial charge on any atom is -0.337 e. The van der Waals surface area contributed by atoms with Gasteiger partial charge in [-0.3, -0.25) is 4.79 Å². The molecule has 1 fully saturated rings. The van der Waals surface area contributed by atoms with Crippen LogP contribution in [0.3, 0.4) is 0 Å². The maximum atomic E-state index is 12.5. The van der Waals surface area contributed by atoms with Gasteiger partial charge < -0.3 is 10.2 Å². The van der Waals surface area contributed by atoms with Crippen molar-refractivity contribution < 1.29 is 18.0 Å². The molecule has 1 aliphatic heterocycles. The van der Waals surface area contributed by atoms with Crippen molar-refractivity contribution in [1.82, 2.24) is 15.2 Å². The summed E-state index contributed by atoms with van der Waals surface area (Å²) in [5.74, 6) is -0.432. The molecule has 21 heavy (non-hydrogen) atoms. The van der Waals surface area contributed by atoms with Crippen molar-refractivity contribution in [2.75, 3.05) is 20.1 Å². The highest BCUT2D eigenvalue weighted by Crippen LogP contribution is 2.37. The molecule has 0 aromatic carbocycles. The van der Waals surface area contributed by atoms with Gasteiger partial charge in [-0.25, -0.2) is 4.98 Å². The molecule has 2 heterocycles. The number of carbonyl (C=O) groups is 1. The maximum Gasteiger partial charge on any atom is 0.447 e. The Morgan fingerprint density at radius 3 is 2.81 bits per heavy atom. The molecule has 0 saturated carbocycles. The van der Waals surface area contributed by atoms with Gasteiger partial charge in [-0.2, -0.15) is 13.2 Å². The van der Waals surface area contributed by atoms with Crippen molar-refractivity contribution >= 4 is 30.1 Å². The summed E-state index contributed by atoms with van der Waals surface area (Å²) in [5, 5.41) is 2.81. The number of alkyl halides is 3. The number of thioether (sulfide) groups is 1. The molecule has 1 saturated heterocycles. The second-order valence-electron chi connectivity index (χ2n) is 4.47. The molecule has 1 aliphatic rings. The number of pyridine rings is 1. The standard InChI is InChI=1S/C12H14F3N3OS.ClH/c1-18(8-4-6-16-7-8)11(19)9-3-2-5-17-10(9)20-12(13,14)15;/h2-3,5,8,16H,4,6-7H2,1H3;1H. The molecule has 1 aromatic rings. The van der Waals surface area contributed by atoms with Crippen LogP contribution >= 0.6 is 24.2 Å². The molecule has 0 spiro atoms. The molecule has 0 radical (unpaired) electrons. The second kappa shape index (κ2) is 7.33. The Hall–Kier alpha value is -0.990. The van der Waals surface area contributed by atoms with Crippen LogP contribution in [0.2, 0.25) is 0 Å². The average Bonchev–Trinajstić information content (AvgIpc) is 2.89. The first-order chi connectivity index (χ1) is 9.38. The van der Waals surface area contributed by atoms with Crippen LogP contribution in [0.15, 0.2) is 23.4 Å². The van der Waals surface area contributed by atoms with Gasteiger partial charge in [0.1, 0.15) is 5.03 Å². The molecule has 1 atom stereocenters. The molecule has 0 aliphatic carbocycles. The second-order valence-corrected chi connectivity index (χ2v) is 5.52. The summed E-state index contributed by atoms with van der Waals surface area (Å²) in [6, 6.07) is 2.85. The van der Waals surface area contributed by atoms with Crippen LogP contribution in [0.5, 0.6) is 0 Å². The van der Waals surface area contributed by atoms with E-state index in [4.69, 9.17) is 0 Å². The van der Waals surface area contributed by atoms with E-state index in [1.54, 1.807) is 7.05 Å². The normalized spacial score (nSPS) is 18.2. The fourth-order valence-electron chi connectivity index (χ4n) is 2.07. The lowest BCUT2D eigenvalue weighted by molar-refractivity contribution is -0.0329. The van der Waals surface area contributed by atoms with E-state index in [1.807, 2.05) is 0 Å². The molecule has 2 rings (SSSR count). The summed E-state index contributed by atoms with van der Waals surface area (Å²) in [6.07, 6.45) is 2.05. The molecule has 0 bridgehead atoms. The Bertz CT molecular complexity index is 495. The molecule has 1 unspecified atom stereocenters. The van der Waals surface area contributed by atoms with Crippen molar-refractivity contribution in [2.45, 2.75) is 23.0 Å². The number of hydrogen-bond acceptors (Lipinski definition) is 4. The van der Waals surface area contributed by atoms with E-state index >= 15 is 0 Å². The lowest BCUT2D eigenvalue weighted by atomic mass is 10.2. The number of halogens is 4. The monoisotopic (exact) mass is 341 g/mol. The third-order valence-electron chi connectivity index (χ3n) is 3.12. The van der Waals surface area contributed by atoms with Crippen molar-refractivity contribution in [3.05, 3.63) is 23.9 Å². The van der Waals surface area contributed by atoms with Gasteiger partial charge >= 0.3 is 5.51 Å². The molecular formula is C12H15ClF3N3OS. The van der Waals surface area contributed by atoms with E-state index in [2.05, 4.69) is 10.3 Å². The van der Waals surface area contributed by atoms with Crippen LogP contribution in [-0.4, -0.2) is 47.5 Å². The predicted molar refractivity (Wildman–Crippen MR) is 76.8 cm³/mol. The lowest BCUT2D eigenvalue weighted by Crippen LogP contribution is -2.38. The van der Waals surface area contributed by atoms with Crippen molar-refractivity contribution in [3.8, 4) is 0 Å². The van der Waals surface area contributed by atoms with Gasteiger partial charge in [0.15, 0.2) is 0 Å². The Balaban J connectivity index is 0.00000220. The number of amides is 1. The first-order valence-corrected chi connectivity index (χ1v) is 6.89. The van der Waals surface area contributed by atoms with Crippen LogP contribution in [0.25, 0.3) is 0 Å². The zero-order valence-corrected chi connectivity index (χ0v) is 12.8. The number of carbonyl (C=O) groups excluding carboxylic acids is 1. The van der Waals surface area contributed by atoms with Crippen molar-refractivity contribution in [2.24, 2.45) is 0 Å². The molecule has 1 aromatic heterocycles. The minimum absolute atomic E-state index is 0. The first-order valence-electron chi connectivity index (χ1n) is 6.07. The lowest BCUT2D eigenvalue weighted by Gasteiger charge is -2.24. The third-order valence-corrected chi connectivity index (χ3v) is 3.87. The Labute approximate surface area is 130 Å². The van der Waals surface area contributed by atoms with Crippen LogP contribution in [-0.2, 0) is 0 Å². The SMILES string of the molecule is CN(C(=O)c1cccnc1SC(F)(F)F)C1CCNC1.Cl. The van der Waals surface area contributed by atoms with Gasteiger partial charge in [-0.1, -0.05) is 0 Å². The molecule has 1 N–H and O–H groups in total. The quantitative estimate of drug-likeness (QED) is 0.858. The maximum absolute atomic E-state index is 12.5. The number of likely N-dealkylation sites (N-methyl/N-ethyl adjacent to an activating group) is 1. The van der Waals surface area contributed by atoms with E-state index < -0.39 is 11.4 Å². The summed E-state index contributed by atoms with van der Waals surface area (Å²) < 4.78 is 37.4. The molecule has 4 nitrogen and oxygen atoms in total. The first kappa shape index (κ1) is 18.1. The fraction of sp³-hybridized carbons (Fsp3) is 0.500. The highest BCUT2D eigenvalue weighted by molar-refractivity contribution is 8.00. The largest absolute Gasteiger partial charge is 0.447 e. The molecule has 118 valence electrons. The smallest absolute Gasteiger partial charge is 0.337 e. The van der Waals surface area contributed by atoms with E-state index in [9.17, 15) is 18.0 Å². The van der Waals surface area contributed by atoms with Crippen molar-refractivity contribution in [3.63, 3.8) is 0 Å². The zero-order valence-electron chi connectivity index (χ0n) is 11.2. The fourth-order valence-corrected chi connectivity index (χ4v) is 2.67. The zero-order chi connectivity index (χ0) is 14.8. The topological polar surface area (TPSA) is 45.2 Å². The number of nitrogens with one attached hydrogen (secondary N) is 1. The Kier molecular flexibility index (Phi) is 6.30. The van der Waals surface area contributed by atoms with Gasteiger partial charge in [-0.15, -0.1) is 12.4 Å². The Morgan fingerprint density at radius 1 is 1.52 bits per heavy atom. The molecule has 1 amide bonds. The number of hydrogen-bond donors (Lipinski definition) is 1. The van der Waals surface area contributed by atoms with E-state index in [0.717, 1.165) is 13.0 Å². The summed E-state index contributed by atoms with van der Waals surface area (Å²) in [7, 11) is 1.61. The summed E-state index contributed by atoms with van der Waals surface area (Å²) in [6.45, 7) is 1.46. The van der Waals surface area contributed by atoms with Crippen LogP contribution in [0, 0.1) is 0 Å². The van der Waals surface area contributed by atoms with Gasteiger partial charge in [0.25, 0.3) is 5.91 Å². The summed E-state index contributed by atoms with van der Waals surface area (Å²) in [4.78, 5) is 17.5. The highest BCUT2D eigenvalue weighted by atomic mass is 35.5. The van der Waals surface area contributed by atoms with Crippen LogP contribution in [0.4, 0.5) is 13.2 Å².